The van der Waals surface area contributed by atoms with Crippen molar-refractivity contribution in [2.45, 2.75) is 51.7 Å². The van der Waals surface area contributed by atoms with Gasteiger partial charge in [0.1, 0.15) is 11.9 Å². The third-order valence-corrected chi connectivity index (χ3v) is 5.08. The first-order valence-electron chi connectivity index (χ1n) is 8.73. The number of aryl methyl sites for hydroxylation is 2. The van der Waals surface area contributed by atoms with Crippen molar-refractivity contribution in [1.82, 2.24) is 14.9 Å². The van der Waals surface area contributed by atoms with Crippen LogP contribution in [0.1, 0.15) is 30.4 Å². The summed E-state index contributed by atoms with van der Waals surface area (Å²) in [7, 11) is 0. The fourth-order valence-electron chi connectivity index (χ4n) is 3.99. The van der Waals surface area contributed by atoms with E-state index >= 15 is 0 Å². The molecule has 1 aromatic carbocycles. The third kappa shape index (κ3) is 2.81. The molecule has 2 aromatic rings. The van der Waals surface area contributed by atoms with Gasteiger partial charge in [0.05, 0.1) is 5.69 Å². The van der Waals surface area contributed by atoms with Gasteiger partial charge in [-0.25, -0.2) is 4.98 Å². The number of hydrogen-bond donors (Lipinski definition) is 1. The molecule has 0 radical (unpaired) electrons. The van der Waals surface area contributed by atoms with Crippen LogP contribution in [0.4, 0.5) is 5.69 Å². The maximum absolute atomic E-state index is 12.9. The SMILES string of the molecule is CC(=O)N1c2ccccc2C[C@H]1C(=O)N[C@@H]1CCc2nc(C)cn2C1. The Morgan fingerprint density at radius 3 is 2.88 bits per heavy atom. The molecule has 0 aliphatic carbocycles. The minimum Gasteiger partial charge on any atom is -0.350 e. The van der Waals surface area contributed by atoms with E-state index in [2.05, 4.69) is 14.9 Å². The Labute approximate surface area is 146 Å². The van der Waals surface area contributed by atoms with Gasteiger partial charge in [-0.3, -0.25) is 14.5 Å². The van der Waals surface area contributed by atoms with E-state index < -0.39 is 6.04 Å². The molecule has 2 aliphatic rings. The highest BCUT2D eigenvalue weighted by Crippen LogP contribution is 2.32. The van der Waals surface area contributed by atoms with E-state index in [0.717, 1.165) is 42.2 Å². The van der Waals surface area contributed by atoms with Gasteiger partial charge in [-0.2, -0.15) is 0 Å². The zero-order valence-electron chi connectivity index (χ0n) is 14.5. The fourth-order valence-corrected chi connectivity index (χ4v) is 3.99. The van der Waals surface area contributed by atoms with Crippen molar-refractivity contribution in [3.05, 3.63) is 47.5 Å². The number of fused-ring (bicyclic) bond motifs is 2. The second kappa shape index (κ2) is 6.02. The number of anilines is 1. The van der Waals surface area contributed by atoms with Gasteiger partial charge in [-0.05, 0) is 25.0 Å². The number of carbonyl (C=O) groups is 2. The highest BCUT2D eigenvalue weighted by atomic mass is 16.2. The van der Waals surface area contributed by atoms with E-state index in [-0.39, 0.29) is 17.9 Å². The molecule has 0 spiro atoms. The second-order valence-corrected chi connectivity index (χ2v) is 6.93. The van der Waals surface area contributed by atoms with E-state index in [9.17, 15) is 9.59 Å². The summed E-state index contributed by atoms with van der Waals surface area (Å²) in [6, 6.07) is 7.36. The van der Waals surface area contributed by atoms with Crippen molar-refractivity contribution in [2.75, 3.05) is 4.90 Å². The Morgan fingerprint density at radius 2 is 2.08 bits per heavy atom. The Bertz CT molecular complexity index is 842. The maximum Gasteiger partial charge on any atom is 0.243 e. The zero-order valence-corrected chi connectivity index (χ0v) is 14.5. The zero-order chi connectivity index (χ0) is 17.6. The highest BCUT2D eigenvalue weighted by molar-refractivity contribution is 6.02. The van der Waals surface area contributed by atoms with Crippen molar-refractivity contribution in [3.63, 3.8) is 0 Å². The van der Waals surface area contributed by atoms with Crippen LogP contribution in [0.5, 0.6) is 0 Å². The Morgan fingerprint density at radius 1 is 1.28 bits per heavy atom. The summed E-state index contributed by atoms with van der Waals surface area (Å²) in [6.45, 7) is 4.24. The second-order valence-electron chi connectivity index (χ2n) is 6.93. The molecule has 2 atom stereocenters. The minimum atomic E-state index is -0.458. The van der Waals surface area contributed by atoms with E-state index in [1.54, 1.807) is 4.90 Å². The number of nitrogens with one attached hydrogen (secondary N) is 1. The quantitative estimate of drug-likeness (QED) is 0.904. The first-order valence-corrected chi connectivity index (χ1v) is 8.73. The first-order chi connectivity index (χ1) is 12.0. The third-order valence-electron chi connectivity index (χ3n) is 5.08. The van der Waals surface area contributed by atoms with Crippen LogP contribution in [0.2, 0.25) is 0 Å². The van der Waals surface area contributed by atoms with Crippen LogP contribution in [-0.4, -0.2) is 33.4 Å². The van der Waals surface area contributed by atoms with Gasteiger partial charge in [-0.1, -0.05) is 18.2 Å². The first kappa shape index (κ1) is 15.9. The van der Waals surface area contributed by atoms with E-state index in [1.165, 1.54) is 6.92 Å². The average molecular weight is 338 g/mol. The van der Waals surface area contributed by atoms with Crippen molar-refractivity contribution in [1.29, 1.82) is 0 Å². The molecule has 130 valence electrons. The normalized spacial score (nSPS) is 21.6. The average Bonchev–Trinajstić information content (AvgIpc) is 3.13. The lowest BCUT2D eigenvalue weighted by atomic mass is 10.1. The van der Waals surface area contributed by atoms with Crippen molar-refractivity contribution >= 4 is 17.5 Å². The molecule has 25 heavy (non-hydrogen) atoms. The van der Waals surface area contributed by atoms with Crippen molar-refractivity contribution in [3.8, 4) is 0 Å². The number of para-hydroxylation sites is 1. The number of imidazole rings is 1. The van der Waals surface area contributed by atoms with Gasteiger partial charge in [0.15, 0.2) is 0 Å². The van der Waals surface area contributed by atoms with Crippen LogP contribution in [-0.2, 0) is 29.0 Å². The molecular formula is C19H22N4O2. The van der Waals surface area contributed by atoms with Gasteiger partial charge in [0.2, 0.25) is 11.8 Å². The topological polar surface area (TPSA) is 67.2 Å². The summed E-state index contributed by atoms with van der Waals surface area (Å²) >= 11 is 0. The molecule has 6 nitrogen and oxygen atoms in total. The number of amides is 2. The van der Waals surface area contributed by atoms with Crippen molar-refractivity contribution < 1.29 is 9.59 Å². The number of nitrogens with zero attached hydrogens (tertiary/aromatic N) is 3. The molecule has 1 N–H and O–H groups in total. The van der Waals surface area contributed by atoms with Crippen LogP contribution >= 0.6 is 0 Å². The van der Waals surface area contributed by atoms with Gasteiger partial charge >= 0.3 is 0 Å². The predicted molar refractivity (Wildman–Crippen MR) is 94.3 cm³/mol. The molecule has 2 aliphatic heterocycles. The molecule has 0 saturated carbocycles. The van der Waals surface area contributed by atoms with Crippen LogP contribution in [0.25, 0.3) is 0 Å². The lowest BCUT2D eigenvalue weighted by molar-refractivity contribution is -0.126. The minimum absolute atomic E-state index is 0.0725. The molecule has 1 aromatic heterocycles. The summed E-state index contributed by atoms with van der Waals surface area (Å²) in [5.41, 5.74) is 2.91. The van der Waals surface area contributed by atoms with Gasteiger partial charge in [-0.15, -0.1) is 0 Å². The number of carbonyl (C=O) groups excluding carboxylic acids is 2. The lowest BCUT2D eigenvalue weighted by Crippen LogP contribution is -2.51. The van der Waals surface area contributed by atoms with Gasteiger partial charge < -0.3 is 9.88 Å². The lowest BCUT2D eigenvalue weighted by Gasteiger charge is -2.28. The Kier molecular flexibility index (Phi) is 3.82. The smallest absolute Gasteiger partial charge is 0.243 e. The Hall–Kier alpha value is -2.63. The van der Waals surface area contributed by atoms with Crippen LogP contribution in [0.15, 0.2) is 30.5 Å². The maximum atomic E-state index is 12.9. The van der Waals surface area contributed by atoms with Crippen LogP contribution < -0.4 is 10.2 Å². The van der Waals surface area contributed by atoms with Gasteiger partial charge in [0, 0.05) is 44.2 Å². The molecule has 3 heterocycles. The van der Waals surface area contributed by atoms with E-state index in [0.29, 0.717) is 6.42 Å². The number of rotatable bonds is 2. The molecule has 0 unspecified atom stereocenters. The Balaban J connectivity index is 1.49. The van der Waals surface area contributed by atoms with Gasteiger partial charge in [0.25, 0.3) is 0 Å². The summed E-state index contributed by atoms with van der Waals surface area (Å²) in [4.78, 5) is 31.1. The standard InChI is InChI=1S/C19H22N4O2/c1-12-10-22-11-15(7-8-18(22)20-12)21-19(25)17-9-14-5-3-4-6-16(14)23(17)13(2)24/h3-6,10,15,17H,7-9,11H2,1-2H3,(H,21,25)/t15-,17+/m1/s1. The highest BCUT2D eigenvalue weighted by Gasteiger charge is 2.37. The summed E-state index contributed by atoms with van der Waals surface area (Å²) in [6.07, 6.45) is 4.34. The summed E-state index contributed by atoms with van der Waals surface area (Å²) < 4.78 is 2.12. The monoisotopic (exact) mass is 338 g/mol. The molecule has 0 fully saturated rings. The fraction of sp³-hybridized carbons (Fsp3) is 0.421. The number of aromatic nitrogens is 2. The molecule has 6 heteroatoms. The largest absolute Gasteiger partial charge is 0.350 e. The van der Waals surface area contributed by atoms with E-state index in [4.69, 9.17) is 0 Å². The van der Waals surface area contributed by atoms with Crippen LogP contribution in [0, 0.1) is 6.92 Å². The van der Waals surface area contributed by atoms with Crippen molar-refractivity contribution in [2.24, 2.45) is 0 Å². The molecule has 0 bridgehead atoms. The number of benzene rings is 1. The predicted octanol–water partition coefficient (Wildman–Crippen LogP) is 1.60. The summed E-state index contributed by atoms with van der Waals surface area (Å²) in [5, 5.41) is 3.15. The molecular weight excluding hydrogens is 316 g/mol. The molecule has 0 saturated heterocycles. The van der Waals surface area contributed by atoms with E-state index in [1.807, 2.05) is 37.4 Å². The molecule has 2 amide bonds. The summed E-state index contributed by atoms with van der Waals surface area (Å²) in [5.74, 6) is 0.916. The number of hydrogen-bond acceptors (Lipinski definition) is 3. The van der Waals surface area contributed by atoms with Crippen LogP contribution in [0.3, 0.4) is 0 Å². The molecule has 4 rings (SSSR count).